The van der Waals surface area contributed by atoms with Crippen molar-refractivity contribution in [1.82, 2.24) is 4.90 Å². The lowest BCUT2D eigenvalue weighted by Crippen LogP contribution is -2.71. The highest BCUT2D eigenvalue weighted by Gasteiger charge is 2.71. The van der Waals surface area contributed by atoms with Gasteiger partial charge in [-0.05, 0) is 41.8 Å². The number of fused-ring (bicyclic) bond motifs is 1. The number of nitrogens with zero attached hydrogens (tertiary/aromatic N) is 1. The number of thioether (sulfide) groups is 1. The van der Waals surface area contributed by atoms with Crippen molar-refractivity contribution >= 4 is 39.6 Å². The molecule has 0 radical (unpaired) electrons. The molecule has 26 heavy (non-hydrogen) atoms. The number of carbonyl (C=O) groups is 2. The van der Waals surface area contributed by atoms with Gasteiger partial charge in [-0.2, -0.15) is 0 Å². The van der Waals surface area contributed by atoms with Gasteiger partial charge in [0, 0.05) is 4.75 Å². The molecule has 3 rings (SSSR count). The monoisotopic (exact) mass is 439 g/mol. The first-order valence-electron chi connectivity index (χ1n) is 8.46. The fourth-order valence-electron chi connectivity index (χ4n) is 3.20. The second-order valence-corrected chi connectivity index (χ2v) is 9.77. The molecule has 5 nitrogen and oxygen atoms in total. The molecule has 1 aromatic rings. The van der Waals surface area contributed by atoms with Crippen molar-refractivity contribution in [1.29, 1.82) is 0 Å². The summed E-state index contributed by atoms with van der Waals surface area (Å²) in [5.74, 6) is -0.617. The summed E-state index contributed by atoms with van der Waals surface area (Å²) >= 11 is 5.00. The van der Waals surface area contributed by atoms with Crippen LogP contribution in [-0.2, 0) is 25.7 Å². The number of hydrogen-bond acceptors (Lipinski definition) is 5. The third-order valence-corrected chi connectivity index (χ3v) is 7.45. The highest BCUT2D eigenvalue weighted by molar-refractivity contribution is 9.10. The third kappa shape index (κ3) is 3.32. The van der Waals surface area contributed by atoms with Gasteiger partial charge in [0.15, 0.2) is 0 Å². The number of hydrogen-bond donors (Lipinski definition) is 0. The SMILES string of the molecule is C=CCCO[C@@]1(Br)C(=O)N2[C@@H](C(=O)OCc3ccccc3)C(C)(C)S[C@@H]21. The average Bonchev–Trinajstić information content (AvgIpc) is 2.90. The number of esters is 1. The maximum atomic E-state index is 12.7. The van der Waals surface area contributed by atoms with E-state index in [1.54, 1.807) is 22.7 Å². The van der Waals surface area contributed by atoms with E-state index in [0.717, 1.165) is 5.56 Å². The molecule has 0 aromatic heterocycles. The Morgan fingerprint density at radius 1 is 1.38 bits per heavy atom. The van der Waals surface area contributed by atoms with Crippen LogP contribution < -0.4 is 0 Å². The van der Waals surface area contributed by atoms with Crippen LogP contribution in [0.4, 0.5) is 0 Å². The van der Waals surface area contributed by atoms with Crippen LogP contribution in [0.15, 0.2) is 43.0 Å². The summed E-state index contributed by atoms with van der Waals surface area (Å²) < 4.78 is 9.72. The van der Waals surface area contributed by atoms with Crippen LogP contribution in [0.1, 0.15) is 25.8 Å². The lowest BCUT2D eigenvalue weighted by molar-refractivity contribution is -0.181. The zero-order valence-electron chi connectivity index (χ0n) is 14.8. The maximum Gasteiger partial charge on any atom is 0.330 e. The van der Waals surface area contributed by atoms with E-state index >= 15 is 0 Å². The van der Waals surface area contributed by atoms with Gasteiger partial charge in [-0.1, -0.05) is 36.4 Å². The zero-order chi connectivity index (χ0) is 18.9. The average molecular weight is 440 g/mol. The first-order valence-corrected chi connectivity index (χ1v) is 10.1. The summed E-state index contributed by atoms with van der Waals surface area (Å²) in [6.45, 7) is 8.15. The van der Waals surface area contributed by atoms with Gasteiger partial charge in [0.05, 0.1) is 6.61 Å². The Kier molecular flexibility index (Phi) is 5.51. The van der Waals surface area contributed by atoms with Crippen LogP contribution in [0.5, 0.6) is 0 Å². The van der Waals surface area contributed by atoms with Crippen molar-refractivity contribution < 1.29 is 19.1 Å². The molecule has 0 aliphatic carbocycles. The molecule has 2 saturated heterocycles. The van der Waals surface area contributed by atoms with E-state index in [4.69, 9.17) is 9.47 Å². The van der Waals surface area contributed by atoms with E-state index < -0.39 is 15.3 Å². The number of benzene rings is 1. The summed E-state index contributed by atoms with van der Waals surface area (Å²) in [5.41, 5.74) is 0.915. The van der Waals surface area contributed by atoms with E-state index in [-0.39, 0.29) is 23.9 Å². The zero-order valence-corrected chi connectivity index (χ0v) is 17.2. The molecule has 0 N–H and O–H groups in total. The highest BCUT2D eigenvalue weighted by Crippen LogP contribution is 2.58. The number of carbonyl (C=O) groups excluding carboxylic acids is 2. The summed E-state index contributed by atoms with van der Waals surface area (Å²) in [5, 5.41) is -0.260. The van der Waals surface area contributed by atoms with Gasteiger partial charge in [0.25, 0.3) is 5.91 Å². The molecule has 1 amide bonds. The molecule has 3 atom stereocenters. The fraction of sp³-hybridized carbons (Fsp3) is 0.474. The van der Waals surface area contributed by atoms with Gasteiger partial charge in [0.2, 0.25) is 4.51 Å². The molecule has 0 saturated carbocycles. The minimum Gasteiger partial charge on any atom is -0.459 e. The van der Waals surface area contributed by atoms with Gasteiger partial charge in [-0.15, -0.1) is 18.3 Å². The lowest BCUT2D eigenvalue weighted by atomic mass is 9.97. The highest BCUT2D eigenvalue weighted by atomic mass is 79.9. The van der Waals surface area contributed by atoms with Crippen molar-refractivity contribution in [3.05, 3.63) is 48.6 Å². The van der Waals surface area contributed by atoms with Gasteiger partial charge in [0.1, 0.15) is 18.0 Å². The van der Waals surface area contributed by atoms with Gasteiger partial charge in [-0.25, -0.2) is 4.79 Å². The second-order valence-electron chi connectivity index (χ2n) is 6.85. The Hall–Kier alpha value is -1.31. The molecule has 140 valence electrons. The van der Waals surface area contributed by atoms with Crippen LogP contribution >= 0.6 is 27.7 Å². The van der Waals surface area contributed by atoms with Gasteiger partial charge >= 0.3 is 5.97 Å². The van der Waals surface area contributed by atoms with Crippen LogP contribution in [-0.4, -0.2) is 44.1 Å². The number of amides is 1. The van der Waals surface area contributed by atoms with Crippen LogP contribution in [0, 0.1) is 0 Å². The van der Waals surface area contributed by atoms with Crippen molar-refractivity contribution in [3.8, 4) is 0 Å². The van der Waals surface area contributed by atoms with E-state index in [1.165, 1.54) is 0 Å². The molecule has 2 fully saturated rings. The standard InChI is InChI=1S/C19H22BrNO4S/c1-4-5-11-25-19(20)16(23)21-14(18(2,3)26-17(19)21)15(22)24-12-13-9-7-6-8-10-13/h4,6-10,14,17H,1,5,11-12H2,2-3H3/t14-,17+,19-/m0/s1. The number of β-lactam (4-membered cyclic amide) rings is 1. The summed E-state index contributed by atoms with van der Waals surface area (Å²) in [7, 11) is 0. The van der Waals surface area contributed by atoms with Gasteiger partial charge in [-0.3, -0.25) is 4.79 Å². The number of ether oxygens (including phenoxy) is 2. The molecular formula is C19H22BrNO4S. The number of alkyl halides is 1. The summed E-state index contributed by atoms with van der Waals surface area (Å²) in [6, 6.07) is 8.86. The number of rotatable bonds is 7. The minimum atomic E-state index is -1.08. The largest absolute Gasteiger partial charge is 0.459 e. The second kappa shape index (κ2) is 7.37. The molecule has 0 bridgehead atoms. The molecular weight excluding hydrogens is 418 g/mol. The molecule has 2 aliphatic rings. The smallest absolute Gasteiger partial charge is 0.330 e. The van der Waals surface area contributed by atoms with E-state index in [0.29, 0.717) is 13.0 Å². The van der Waals surface area contributed by atoms with Crippen molar-refractivity contribution in [2.75, 3.05) is 6.61 Å². The Balaban J connectivity index is 1.69. The molecule has 1 aromatic carbocycles. The summed E-state index contributed by atoms with van der Waals surface area (Å²) in [6.07, 6.45) is 2.40. The van der Waals surface area contributed by atoms with Crippen LogP contribution in [0.2, 0.25) is 0 Å². The van der Waals surface area contributed by atoms with Crippen molar-refractivity contribution in [3.63, 3.8) is 0 Å². The number of halogens is 1. The topological polar surface area (TPSA) is 55.8 Å². The van der Waals surface area contributed by atoms with Crippen molar-refractivity contribution in [2.24, 2.45) is 0 Å². The first-order chi connectivity index (χ1) is 12.3. The van der Waals surface area contributed by atoms with E-state index in [1.807, 2.05) is 44.2 Å². The lowest BCUT2D eigenvalue weighted by Gasteiger charge is -2.49. The minimum absolute atomic E-state index is 0.193. The van der Waals surface area contributed by atoms with Crippen LogP contribution in [0.25, 0.3) is 0 Å². The first kappa shape index (κ1) is 19.5. The molecule has 2 aliphatic heterocycles. The van der Waals surface area contributed by atoms with Crippen molar-refractivity contribution in [2.45, 2.75) is 47.5 Å². The molecule has 2 heterocycles. The predicted molar refractivity (Wildman–Crippen MR) is 105 cm³/mol. The fourth-order valence-corrected chi connectivity index (χ4v) is 5.64. The Labute approximate surface area is 166 Å². The summed E-state index contributed by atoms with van der Waals surface area (Å²) in [4.78, 5) is 27.1. The predicted octanol–water partition coefficient (Wildman–Crippen LogP) is 3.48. The van der Waals surface area contributed by atoms with Gasteiger partial charge < -0.3 is 14.4 Å². The quantitative estimate of drug-likeness (QED) is 0.214. The molecule has 0 spiro atoms. The van der Waals surface area contributed by atoms with E-state index in [9.17, 15) is 9.59 Å². The van der Waals surface area contributed by atoms with E-state index in [2.05, 4.69) is 22.5 Å². The molecule has 0 unspecified atom stereocenters. The molecule has 7 heteroatoms. The third-order valence-electron chi connectivity index (χ3n) is 4.53. The maximum absolute atomic E-state index is 12.7. The Bertz CT molecular complexity index is 711. The van der Waals surface area contributed by atoms with Crippen LogP contribution in [0.3, 0.4) is 0 Å². The normalized spacial score (nSPS) is 29.0. The Morgan fingerprint density at radius 3 is 2.73 bits per heavy atom. The Morgan fingerprint density at radius 2 is 2.08 bits per heavy atom.